The Balaban J connectivity index is 0. The van der Waals surface area contributed by atoms with E-state index in [1.54, 1.807) is 0 Å². The van der Waals surface area contributed by atoms with E-state index < -0.39 is 5.97 Å². The van der Waals surface area contributed by atoms with E-state index in [0.29, 0.717) is 6.42 Å². The average Bonchev–Trinajstić information content (AvgIpc) is 2.54. The number of aliphatic carboxylic acids is 1. The quantitative estimate of drug-likeness (QED) is 0.294. The van der Waals surface area contributed by atoms with Crippen molar-refractivity contribution in [2.24, 2.45) is 0 Å². The van der Waals surface area contributed by atoms with Gasteiger partial charge in [0.25, 0.3) is 0 Å². The smallest absolute Gasteiger partial charge is 0.303 e. The highest BCUT2D eigenvalue weighted by molar-refractivity contribution is 5.66. The van der Waals surface area contributed by atoms with Gasteiger partial charge in [-0.1, -0.05) is 117 Å². The zero-order chi connectivity index (χ0) is 17.6. The Kier molecular flexibility index (Phi) is 25.5. The van der Waals surface area contributed by atoms with E-state index in [9.17, 15) is 4.79 Å². The molecule has 23 heavy (non-hydrogen) atoms. The van der Waals surface area contributed by atoms with E-state index in [0.717, 1.165) is 12.8 Å². The van der Waals surface area contributed by atoms with Crippen molar-refractivity contribution in [2.75, 3.05) is 0 Å². The summed E-state index contributed by atoms with van der Waals surface area (Å²) in [5, 5.41) is 8.44. The second-order valence-corrected chi connectivity index (χ2v) is 6.74. The van der Waals surface area contributed by atoms with Gasteiger partial charge in [0.1, 0.15) is 0 Å². The molecule has 0 radical (unpaired) electrons. The normalized spacial score (nSPS) is 10.2. The fraction of sp³-hybridized carbons (Fsp3) is 0.952. The van der Waals surface area contributed by atoms with Gasteiger partial charge in [0.15, 0.2) is 0 Å². The zero-order valence-corrected chi connectivity index (χ0v) is 16.4. The van der Waals surface area contributed by atoms with Crippen molar-refractivity contribution in [2.45, 2.75) is 130 Å². The predicted octanol–water partition coefficient (Wildman–Crippen LogP) is 7.75. The molecule has 0 heterocycles. The Labute approximate surface area is 146 Å². The number of hydrogen-bond donors (Lipinski definition) is 1. The number of hydrogen-bond acceptors (Lipinski definition) is 1. The van der Waals surface area contributed by atoms with Crippen molar-refractivity contribution in [1.82, 2.24) is 0 Å². The maximum absolute atomic E-state index is 10.2. The summed E-state index contributed by atoms with van der Waals surface area (Å²) in [6, 6.07) is 0. The second-order valence-electron chi connectivity index (χ2n) is 6.74. The molecule has 0 spiro atoms. The Morgan fingerprint density at radius 2 is 0.783 bits per heavy atom. The van der Waals surface area contributed by atoms with E-state index in [1.165, 1.54) is 89.9 Å². The summed E-state index contributed by atoms with van der Waals surface area (Å²) in [5.74, 6) is -0.658. The molecule has 1 N–H and O–H groups in total. The third-order valence-electron chi connectivity index (χ3n) is 4.20. The minimum absolute atomic E-state index is 0.344. The molecular weight excluding hydrogens is 284 g/mol. The van der Waals surface area contributed by atoms with Gasteiger partial charge in [-0.15, -0.1) is 0 Å². The first-order valence-electron chi connectivity index (χ1n) is 10.4. The van der Waals surface area contributed by atoms with E-state index in [-0.39, 0.29) is 0 Å². The molecule has 0 atom stereocenters. The number of carboxylic acids is 1. The first-order valence-corrected chi connectivity index (χ1v) is 10.4. The van der Waals surface area contributed by atoms with Crippen LogP contribution >= 0.6 is 0 Å². The van der Waals surface area contributed by atoms with Crippen molar-refractivity contribution in [3.8, 4) is 0 Å². The van der Waals surface area contributed by atoms with E-state index >= 15 is 0 Å². The molecule has 2 heteroatoms. The zero-order valence-electron chi connectivity index (χ0n) is 16.4. The Morgan fingerprint density at radius 1 is 0.522 bits per heavy atom. The summed E-state index contributed by atoms with van der Waals surface area (Å²) in [5.41, 5.74) is 0. The molecule has 0 aliphatic carbocycles. The van der Waals surface area contributed by atoms with Crippen molar-refractivity contribution >= 4 is 5.97 Å². The van der Waals surface area contributed by atoms with Crippen molar-refractivity contribution in [1.29, 1.82) is 0 Å². The van der Waals surface area contributed by atoms with Crippen molar-refractivity contribution in [3.05, 3.63) is 0 Å². The van der Waals surface area contributed by atoms with Gasteiger partial charge in [-0.25, -0.2) is 0 Å². The lowest BCUT2D eigenvalue weighted by Crippen LogP contribution is -1.93. The van der Waals surface area contributed by atoms with Gasteiger partial charge in [0.05, 0.1) is 0 Å². The van der Waals surface area contributed by atoms with Crippen LogP contribution in [-0.2, 0) is 4.79 Å². The van der Waals surface area contributed by atoms with Gasteiger partial charge in [-0.2, -0.15) is 0 Å². The first kappa shape index (κ1) is 24.7. The fourth-order valence-corrected chi connectivity index (χ4v) is 2.62. The average molecular weight is 329 g/mol. The van der Waals surface area contributed by atoms with Gasteiger partial charge in [-0.05, 0) is 6.42 Å². The molecule has 0 saturated heterocycles. The van der Waals surface area contributed by atoms with Crippen LogP contribution in [0.5, 0.6) is 0 Å². The third-order valence-corrected chi connectivity index (χ3v) is 4.20. The highest BCUT2D eigenvalue weighted by Crippen LogP contribution is 2.11. The van der Waals surface area contributed by atoms with Gasteiger partial charge in [-0.3, -0.25) is 4.79 Å². The summed E-state index contributed by atoms with van der Waals surface area (Å²) >= 11 is 0. The molecule has 0 aliphatic rings. The molecule has 0 aromatic heterocycles. The minimum Gasteiger partial charge on any atom is -0.481 e. The molecule has 140 valence electrons. The number of unbranched alkanes of at least 4 members (excludes halogenated alkanes) is 14. The lowest BCUT2D eigenvalue weighted by Gasteiger charge is -2.01. The topological polar surface area (TPSA) is 37.3 Å². The SMILES string of the molecule is CCCCCCCC.CCCCCCCCCCCCC(=O)O. The van der Waals surface area contributed by atoms with Crippen LogP contribution < -0.4 is 0 Å². The summed E-state index contributed by atoms with van der Waals surface area (Å²) in [4.78, 5) is 10.2. The van der Waals surface area contributed by atoms with Crippen molar-refractivity contribution in [3.63, 3.8) is 0 Å². The summed E-state index contributed by atoms with van der Waals surface area (Å²) in [7, 11) is 0. The fourth-order valence-electron chi connectivity index (χ4n) is 2.62. The third kappa shape index (κ3) is 30.0. The van der Waals surface area contributed by atoms with Gasteiger partial charge < -0.3 is 5.11 Å². The molecular formula is C21H44O2. The monoisotopic (exact) mass is 328 g/mol. The summed E-state index contributed by atoms with van der Waals surface area (Å²) in [6.07, 6.45) is 21.4. The van der Waals surface area contributed by atoms with E-state index in [4.69, 9.17) is 5.11 Å². The molecule has 0 saturated carbocycles. The van der Waals surface area contributed by atoms with Crippen LogP contribution in [0.2, 0.25) is 0 Å². The van der Waals surface area contributed by atoms with Gasteiger partial charge in [0, 0.05) is 6.42 Å². The van der Waals surface area contributed by atoms with Gasteiger partial charge in [0.2, 0.25) is 0 Å². The summed E-state index contributed by atoms with van der Waals surface area (Å²) < 4.78 is 0. The van der Waals surface area contributed by atoms with Crippen LogP contribution in [0, 0.1) is 0 Å². The highest BCUT2D eigenvalue weighted by Gasteiger charge is 1.96. The van der Waals surface area contributed by atoms with Gasteiger partial charge >= 0.3 is 5.97 Å². The first-order chi connectivity index (χ1) is 11.2. The molecule has 0 unspecified atom stereocenters. The molecule has 0 aromatic rings. The molecule has 0 fully saturated rings. The molecule has 0 amide bonds. The van der Waals surface area contributed by atoms with Crippen LogP contribution in [-0.4, -0.2) is 11.1 Å². The number of carbonyl (C=O) groups is 1. The molecule has 0 bridgehead atoms. The summed E-state index contributed by atoms with van der Waals surface area (Å²) in [6.45, 7) is 6.75. The number of rotatable bonds is 16. The van der Waals surface area contributed by atoms with E-state index in [2.05, 4.69) is 20.8 Å². The van der Waals surface area contributed by atoms with Crippen molar-refractivity contribution < 1.29 is 9.90 Å². The predicted molar refractivity (Wildman–Crippen MR) is 103 cm³/mol. The highest BCUT2D eigenvalue weighted by atomic mass is 16.4. The Bertz CT molecular complexity index is 208. The lowest BCUT2D eigenvalue weighted by molar-refractivity contribution is -0.137. The largest absolute Gasteiger partial charge is 0.481 e. The Hall–Kier alpha value is -0.530. The lowest BCUT2D eigenvalue weighted by atomic mass is 10.1. The van der Waals surface area contributed by atoms with Crippen LogP contribution in [0.15, 0.2) is 0 Å². The molecule has 0 aliphatic heterocycles. The van der Waals surface area contributed by atoms with E-state index in [1.807, 2.05) is 0 Å². The molecule has 0 rings (SSSR count). The molecule has 0 aromatic carbocycles. The second kappa shape index (κ2) is 23.7. The number of carboxylic acid groups (broad SMARTS) is 1. The standard InChI is InChI=1S/C13H26O2.C8H18/c1-2-3-4-5-6-7-8-9-10-11-12-13(14)15;1-3-5-7-8-6-4-2/h2-12H2,1H3,(H,14,15);3-8H2,1-2H3. The van der Waals surface area contributed by atoms with Crippen LogP contribution in [0.25, 0.3) is 0 Å². The van der Waals surface area contributed by atoms with Crippen LogP contribution in [0.4, 0.5) is 0 Å². The maximum atomic E-state index is 10.2. The maximum Gasteiger partial charge on any atom is 0.303 e. The minimum atomic E-state index is -0.658. The molecule has 2 nitrogen and oxygen atoms in total. The Morgan fingerprint density at radius 3 is 1.04 bits per heavy atom. The van der Waals surface area contributed by atoms with Crippen LogP contribution in [0.1, 0.15) is 130 Å². The van der Waals surface area contributed by atoms with Crippen LogP contribution in [0.3, 0.4) is 0 Å².